The zero-order valence-electron chi connectivity index (χ0n) is 20.3. The number of aryl methyl sites for hydroxylation is 2. The summed E-state index contributed by atoms with van der Waals surface area (Å²) >= 11 is 6.07. The van der Waals surface area contributed by atoms with E-state index in [4.69, 9.17) is 16.7 Å². The van der Waals surface area contributed by atoms with E-state index in [0.29, 0.717) is 52.1 Å². The Labute approximate surface area is 224 Å². The lowest BCUT2D eigenvalue weighted by molar-refractivity contribution is -0.138. The molecule has 0 saturated carbocycles. The molecule has 0 amide bonds. The molecule has 0 atom stereocenters. The first-order valence-electron chi connectivity index (χ1n) is 12.1. The van der Waals surface area contributed by atoms with Crippen molar-refractivity contribution in [3.05, 3.63) is 104 Å². The molecule has 0 spiro atoms. The number of hydrogen-bond donors (Lipinski definition) is 3. The Balaban J connectivity index is 1.50. The van der Waals surface area contributed by atoms with E-state index >= 15 is 0 Å². The van der Waals surface area contributed by atoms with Gasteiger partial charge in [0.15, 0.2) is 0 Å². The number of rotatable bonds is 8. The molecule has 200 valence electrons. The van der Waals surface area contributed by atoms with Crippen LogP contribution in [0.5, 0.6) is 0 Å². The van der Waals surface area contributed by atoms with Crippen LogP contribution in [0.1, 0.15) is 28.7 Å². The molecule has 0 aliphatic carbocycles. The van der Waals surface area contributed by atoms with E-state index in [0.717, 1.165) is 23.3 Å². The first-order chi connectivity index (χ1) is 18.6. The third-order valence-electron chi connectivity index (χ3n) is 6.44. The summed E-state index contributed by atoms with van der Waals surface area (Å²) in [4.78, 5) is 31.9. The van der Waals surface area contributed by atoms with Gasteiger partial charge in [0.25, 0.3) is 5.56 Å². The fourth-order valence-electron chi connectivity index (χ4n) is 4.39. The number of nitrogens with zero attached hydrogens (tertiary/aromatic N) is 2. The Morgan fingerprint density at radius 1 is 0.949 bits per heavy atom. The fourth-order valence-corrected chi connectivity index (χ4v) is 4.56. The lowest BCUT2D eigenvalue weighted by atomic mass is 9.99. The Morgan fingerprint density at radius 2 is 1.62 bits per heavy atom. The smallest absolute Gasteiger partial charge is 0.416 e. The third kappa shape index (κ3) is 5.75. The van der Waals surface area contributed by atoms with Crippen molar-refractivity contribution in [1.29, 1.82) is 0 Å². The van der Waals surface area contributed by atoms with Crippen molar-refractivity contribution in [3.63, 3.8) is 0 Å². The lowest BCUT2D eigenvalue weighted by Crippen LogP contribution is -2.18. The van der Waals surface area contributed by atoms with E-state index in [1.165, 1.54) is 16.8 Å². The quantitative estimate of drug-likeness (QED) is 0.213. The van der Waals surface area contributed by atoms with E-state index in [1.54, 1.807) is 18.2 Å². The molecule has 39 heavy (non-hydrogen) atoms. The van der Waals surface area contributed by atoms with Crippen LogP contribution in [0, 0.1) is 0 Å². The predicted molar refractivity (Wildman–Crippen MR) is 141 cm³/mol. The molecular weight excluding hydrogens is 533 g/mol. The number of alkyl halides is 3. The highest BCUT2D eigenvalue weighted by Crippen LogP contribution is 2.31. The first kappa shape index (κ1) is 26.3. The van der Waals surface area contributed by atoms with Gasteiger partial charge in [-0.15, -0.1) is 0 Å². The van der Waals surface area contributed by atoms with E-state index in [-0.39, 0.29) is 17.9 Å². The molecule has 0 saturated heterocycles. The highest BCUT2D eigenvalue weighted by molar-refractivity contribution is 6.31. The minimum absolute atomic E-state index is 0.0344. The van der Waals surface area contributed by atoms with Crippen LogP contribution in [0.2, 0.25) is 5.02 Å². The largest absolute Gasteiger partial charge is 0.481 e. The number of halogens is 4. The maximum Gasteiger partial charge on any atom is 0.416 e. The molecule has 2 aromatic heterocycles. The zero-order chi connectivity index (χ0) is 27.7. The summed E-state index contributed by atoms with van der Waals surface area (Å²) in [7, 11) is 0. The maximum atomic E-state index is 13.6. The minimum atomic E-state index is -4.48. The van der Waals surface area contributed by atoms with E-state index in [1.807, 2.05) is 24.3 Å². The van der Waals surface area contributed by atoms with Crippen molar-refractivity contribution < 1.29 is 23.1 Å². The Kier molecular flexibility index (Phi) is 7.05. The molecule has 0 unspecified atom stereocenters. The second-order valence-electron chi connectivity index (χ2n) is 9.11. The van der Waals surface area contributed by atoms with Gasteiger partial charge in [0, 0.05) is 17.0 Å². The van der Waals surface area contributed by atoms with Gasteiger partial charge in [-0.1, -0.05) is 48.0 Å². The normalized spacial score (nSPS) is 11.8. The van der Waals surface area contributed by atoms with Crippen LogP contribution in [0.4, 0.5) is 13.2 Å². The number of aromatic amines is 2. The molecule has 2 heterocycles. The summed E-state index contributed by atoms with van der Waals surface area (Å²) < 4.78 is 40.6. The second-order valence-corrected chi connectivity index (χ2v) is 9.55. The average Bonchev–Trinajstić information content (AvgIpc) is 3.46. The van der Waals surface area contributed by atoms with Gasteiger partial charge in [-0.05, 0) is 66.3 Å². The molecule has 0 aliphatic rings. The molecule has 5 rings (SSSR count). The lowest BCUT2D eigenvalue weighted by Gasteiger charge is -2.08. The van der Waals surface area contributed by atoms with Crippen molar-refractivity contribution in [2.45, 2.75) is 31.9 Å². The number of carbonyl (C=O) groups is 1. The summed E-state index contributed by atoms with van der Waals surface area (Å²) in [5.41, 5.74) is 3.08. The number of imidazole rings is 1. The van der Waals surface area contributed by atoms with Crippen LogP contribution in [0.15, 0.2) is 71.5 Å². The predicted octanol–water partition coefficient (Wildman–Crippen LogP) is 6.18. The molecule has 0 radical (unpaired) electrons. The molecule has 3 aromatic carbocycles. The Bertz CT molecular complexity index is 1700. The Morgan fingerprint density at radius 3 is 2.26 bits per heavy atom. The van der Waals surface area contributed by atoms with Crippen molar-refractivity contribution in [2.24, 2.45) is 0 Å². The van der Waals surface area contributed by atoms with Crippen molar-refractivity contribution in [3.8, 4) is 17.2 Å². The number of benzene rings is 3. The van der Waals surface area contributed by atoms with Gasteiger partial charge in [-0.2, -0.15) is 17.9 Å². The van der Waals surface area contributed by atoms with Crippen LogP contribution in [-0.4, -0.2) is 30.8 Å². The maximum absolute atomic E-state index is 13.6. The SMILES string of the molecule is O=C(O)CCc1ccc(CCc2c(-c3ccc(C(F)(F)F)cc3)[nH]n(-c3nc4ccc(Cl)cc4[nH]3)c2=O)cc1. The van der Waals surface area contributed by atoms with Crippen LogP contribution in [-0.2, 0) is 30.2 Å². The van der Waals surface area contributed by atoms with Crippen LogP contribution >= 0.6 is 11.6 Å². The van der Waals surface area contributed by atoms with Gasteiger partial charge >= 0.3 is 12.1 Å². The summed E-state index contributed by atoms with van der Waals surface area (Å²) in [6.45, 7) is 0. The van der Waals surface area contributed by atoms with Crippen LogP contribution < -0.4 is 5.56 Å². The number of aromatic nitrogens is 4. The number of aliphatic carboxylic acids is 1. The van der Waals surface area contributed by atoms with Gasteiger partial charge < -0.3 is 10.1 Å². The number of fused-ring (bicyclic) bond motifs is 1. The number of hydrogen-bond acceptors (Lipinski definition) is 3. The molecular formula is C28H22ClF3N4O3. The number of carboxylic acid groups (broad SMARTS) is 1. The first-order valence-corrected chi connectivity index (χ1v) is 12.4. The minimum Gasteiger partial charge on any atom is -0.481 e. The van der Waals surface area contributed by atoms with E-state index < -0.39 is 17.7 Å². The Hall–Kier alpha value is -4.31. The van der Waals surface area contributed by atoms with E-state index in [2.05, 4.69) is 15.1 Å². The summed E-state index contributed by atoms with van der Waals surface area (Å²) in [6, 6.07) is 17.2. The highest BCUT2D eigenvalue weighted by Gasteiger charge is 2.30. The molecule has 5 aromatic rings. The fraction of sp³-hybridized carbons (Fsp3) is 0.179. The average molecular weight is 555 g/mol. The molecule has 0 fully saturated rings. The van der Waals surface area contributed by atoms with Gasteiger partial charge in [-0.3, -0.25) is 14.7 Å². The van der Waals surface area contributed by atoms with Gasteiger partial charge in [-0.25, -0.2) is 4.98 Å². The third-order valence-corrected chi connectivity index (χ3v) is 6.68. The number of H-pyrrole nitrogens is 2. The monoisotopic (exact) mass is 554 g/mol. The highest BCUT2D eigenvalue weighted by atomic mass is 35.5. The summed E-state index contributed by atoms with van der Waals surface area (Å²) in [5.74, 6) is -0.648. The molecule has 7 nitrogen and oxygen atoms in total. The van der Waals surface area contributed by atoms with Gasteiger partial charge in [0.1, 0.15) is 0 Å². The van der Waals surface area contributed by atoms with Crippen molar-refractivity contribution >= 4 is 28.6 Å². The molecule has 11 heteroatoms. The molecule has 3 N–H and O–H groups in total. The molecule has 0 aliphatic heterocycles. The summed E-state index contributed by atoms with van der Waals surface area (Å²) in [5, 5.41) is 12.4. The van der Waals surface area contributed by atoms with Crippen LogP contribution in [0.25, 0.3) is 28.2 Å². The number of nitrogens with one attached hydrogen (secondary N) is 2. The van der Waals surface area contributed by atoms with Crippen LogP contribution in [0.3, 0.4) is 0 Å². The second kappa shape index (κ2) is 10.5. The standard InChI is InChI=1S/C28H22ClF3N4O3/c29-20-11-13-22-23(15-20)34-27(33-22)36-26(39)21(12-5-16-1-3-17(4-2-16)6-14-24(37)38)25(35-36)18-7-9-19(10-8-18)28(30,31)32/h1-4,7-11,13,15,35H,5-6,12,14H2,(H,33,34)(H,37,38). The zero-order valence-corrected chi connectivity index (χ0v) is 21.1. The van der Waals surface area contributed by atoms with Crippen molar-refractivity contribution in [1.82, 2.24) is 19.7 Å². The molecule has 0 bridgehead atoms. The van der Waals surface area contributed by atoms with Crippen molar-refractivity contribution in [2.75, 3.05) is 0 Å². The summed E-state index contributed by atoms with van der Waals surface area (Å²) in [6.07, 6.45) is -3.24. The topological polar surface area (TPSA) is 104 Å². The van der Waals surface area contributed by atoms with E-state index in [9.17, 15) is 22.8 Å². The van der Waals surface area contributed by atoms with Gasteiger partial charge in [0.2, 0.25) is 5.95 Å². The van der Waals surface area contributed by atoms with Gasteiger partial charge in [0.05, 0.1) is 22.3 Å². The number of carboxylic acids is 1.